The Kier molecular flexibility index (Phi) is 6.46. The molecule has 0 saturated carbocycles. The van der Waals surface area contributed by atoms with E-state index >= 15 is 0 Å². The van der Waals surface area contributed by atoms with E-state index in [2.05, 4.69) is 21.0 Å². The summed E-state index contributed by atoms with van der Waals surface area (Å²) in [6.45, 7) is 1.95. The molecule has 0 amide bonds. The predicted octanol–water partition coefficient (Wildman–Crippen LogP) is 5.19. The molecule has 0 fully saturated rings. The van der Waals surface area contributed by atoms with Gasteiger partial charge in [0.05, 0.1) is 37.6 Å². The first-order valence-electron chi connectivity index (χ1n) is 10.2. The van der Waals surface area contributed by atoms with Crippen LogP contribution in [0.25, 0.3) is 16.8 Å². The zero-order valence-corrected chi connectivity index (χ0v) is 19.9. The van der Waals surface area contributed by atoms with Crippen LogP contribution in [0.5, 0.6) is 11.5 Å². The van der Waals surface area contributed by atoms with Gasteiger partial charge in [0, 0.05) is 21.7 Å². The molecule has 2 heterocycles. The molecule has 0 bridgehead atoms. The van der Waals surface area contributed by atoms with Crippen LogP contribution in [-0.4, -0.2) is 42.2 Å². The van der Waals surface area contributed by atoms with Gasteiger partial charge in [-0.2, -0.15) is 5.10 Å². The van der Waals surface area contributed by atoms with Crippen LogP contribution in [0.3, 0.4) is 0 Å². The molecule has 0 aliphatic heterocycles. The lowest BCUT2D eigenvalue weighted by Gasteiger charge is -2.09. The first-order valence-corrected chi connectivity index (χ1v) is 11.0. The third-order valence-electron chi connectivity index (χ3n) is 5.10. The second-order valence-corrected chi connectivity index (χ2v) is 8.03. The number of esters is 1. The topological polar surface area (TPSA) is 79.1 Å². The number of aromatic nitrogens is 2. The van der Waals surface area contributed by atoms with E-state index < -0.39 is 5.97 Å². The summed E-state index contributed by atoms with van der Waals surface area (Å²) in [5, 5.41) is 4.68. The van der Waals surface area contributed by atoms with Crippen LogP contribution in [0, 0.1) is 0 Å². The number of methoxy groups -OCH3 is 2. The zero-order valence-electron chi connectivity index (χ0n) is 18.3. The van der Waals surface area contributed by atoms with Gasteiger partial charge < -0.3 is 14.2 Å². The third kappa shape index (κ3) is 4.47. The van der Waals surface area contributed by atoms with Crippen LogP contribution < -0.4 is 9.47 Å². The predicted molar refractivity (Wildman–Crippen MR) is 127 cm³/mol. The minimum absolute atomic E-state index is 0.219. The number of ether oxygens (including phenoxy) is 3. The first-order chi connectivity index (χ1) is 15.9. The first kappa shape index (κ1) is 22.5. The van der Waals surface area contributed by atoms with Crippen LogP contribution in [0.1, 0.15) is 33.3 Å². The Morgan fingerprint density at radius 1 is 0.939 bits per heavy atom. The molecule has 0 aliphatic rings. The van der Waals surface area contributed by atoms with E-state index in [-0.39, 0.29) is 23.6 Å². The number of benzene rings is 2. The largest absolute Gasteiger partial charge is 0.497 e. The minimum Gasteiger partial charge on any atom is -0.497 e. The molecule has 0 unspecified atom stereocenters. The smallest absolute Gasteiger partial charge is 0.340 e. The second-order valence-electron chi connectivity index (χ2n) is 7.12. The van der Waals surface area contributed by atoms with Crippen molar-refractivity contribution in [3.63, 3.8) is 0 Å². The molecule has 0 aliphatic carbocycles. The number of hydrogen-bond acceptors (Lipinski definition) is 6. The highest BCUT2D eigenvalue weighted by Gasteiger charge is 2.23. The fourth-order valence-corrected chi connectivity index (χ4v) is 3.74. The standard InChI is InChI=1S/C25H21BrN2O5/c1-4-33-25(30)20-14-23(24(29)16-11-18(31-2)13-19(12-16)32-3)28-22(20)10-9-21(27-28)15-5-7-17(26)8-6-15/h5-14H,4H2,1-3H3. The van der Waals surface area contributed by atoms with Gasteiger partial charge in [0.25, 0.3) is 0 Å². The summed E-state index contributed by atoms with van der Waals surface area (Å²) < 4.78 is 18.2. The number of nitrogens with zero attached hydrogens (tertiary/aromatic N) is 2. The van der Waals surface area contributed by atoms with Crippen molar-refractivity contribution in [2.45, 2.75) is 6.92 Å². The lowest BCUT2D eigenvalue weighted by Crippen LogP contribution is -2.08. The summed E-state index contributed by atoms with van der Waals surface area (Å²) in [4.78, 5) is 26.2. The van der Waals surface area contributed by atoms with Gasteiger partial charge in [-0.25, -0.2) is 9.31 Å². The second kappa shape index (κ2) is 9.46. The molecule has 7 nitrogen and oxygen atoms in total. The molecule has 2 aromatic heterocycles. The van der Waals surface area contributed by atoms with E-state index in [1.54, 1.807) is 31.2 Å². The fourth-order valence-electron chi connectivity index (χ4n) is 3.48. The fraction of sp³-hybridized carbons (Fsp3) is 0.160. The Labute approximate surface area is 199 Å². The number of ketones is 1. The van der Waals surface area contributed by atoms with Gasteiger partial charge in [0.2, 0.25) is 5.78 Å². The van der Waals surface area contributed by atoms with Gasteiger partial charge in [-0.15, -0.1) is 0 Å². The lowest BCUT2D eigenvalue weighted by molar-refractivity contribution is 0.0528. The van der Waals surface area contributed by atoms with E-state index in [9.17, 15) is 9.59 Å². The Morgan fingerprint density at radius 2 is 1.61 bits per heavy atom. The number of carbonyl (C=O) groups excluding carboxylic acids is 2. The summed E-state index contributed by atoms with van der Waals surface area (Å²) in [5.41, 5.74) is 2.84. The number of hydrogen-bond donors (Lipinski definition) is 0. The van der Waals surface area contributed by atoms with Crippen molar-refractivity contribution in [3.8, 4) is 22.8 Å². The highest BCUT2D eigenvalue weighted by Crippen LogP contribution is 2.28. The van der Waals surface area contributed by atoms with Crippen molar-refractivity contribution in [1.29, 1.82) is 0 Å². The van der Waals surface area contributed by atoms with Crippen LogP contribution in [0.15, 0.2) is 65.1 Å². The molecule has 8 heteroatoms. The number of carbonyl (C=O) groups is 2. The van der Waals surface area contributed by atoms with Gasteiger partial charge in [0.15, 0.2) is 0 Å². The Morgan fingerprint density at radius 3 is 2.21 bits per heavy atom. The average molecular weight is 509 g/mol. The van der Waals surface area contributed by atoms with Gasteiger partial charge in [0.1, 0.15) is 17.2 Å². The molecular formula is C25H21BrN2O5. The van der Waals surface area contributed by atoms with Crippen molar-refractivity contribution in [3.05, 3.63) is 82.0 Å². The number of fused-ring (bicyclic) bond motifs is 1. The van der Waals surface area contributed by atoms with Crippen molar-refractivity contribution < 1.29 is 23.8 Å². The molecule has 33 heavy (non-hydrogen) atoms. The maximum atomic E-state index is 13.6. The maximum absolute atomic E-state index is 13.6. The molecule has 0 saturated heterocycles. The zero-order chi connectivity index (χ0) is 23.5. The molecule has 4 aromatic rings. The van der Waals surface area contributed by atoms with E-state index in [1.807, 2.05) is 30.3 Å². The summed E-state index contributed by atoms with van der Waals surface area (Å²) in [7, 11) is 3.03. The van der Waals surface area contributed by atoms with E-state index in [4.69, 9.17) is 14.2 Å². The van der Waals surface area contributed by atoms with Crippen LogP contribution in [0.2, 0.25) is 0 Å². The Balaban J connectivity index is 1.90. The third-order valence-corrected chi connectivity index (χ3v) is 5.63. The van der Waals surface area contributed by atoms with Gasteiger partial charge in [-0.1, -0.05) is 28.1 Å². The average Bonchev–Trinajstić information content (AvgIpc) is 3.22. The van der Waals surface area contributed by atoms with Crippen molar-refractivity contribution >= 4 is 33.2 Å². The van der Waals surface area contributed by atoms with Crippen LogP contribution in [0.4, 0.5) is 0 Å². The highest BCUT2D eigenvalue weighted by atomic mass is 79.9. The SMILES string of the molecule is CCOC(=O)c1cc(C(=O)c2cc(OC)cc(OC)c2)n2nc(-c3ccc(Br)cc3)ccc12. The lowest BCUT2D eigenvalue weighted by atomic mass is 10.1. The Bertz CT molecular complexity index is 1320. The van der Waals surface area contributed by atoms with Gasteiger partial charge in [-0.3, -0.25) is 4.79 Å². The molecule has 0 spiro atoms. The van der Waals surface area contributed by atoms with Gasteiger partial charge >= 0.3 is 5.97 Å². The normalized spacial score (nSPS) is 10.8. The van der Waals surface area contributed by atoms with Crippen LogP contribution in [-0.2, 0) is 4.74 Å². The quantitative estimate of drug-likeness (QED) is 0.252. The maximum Gasteiger partial charge on any atom is 0.340 e. The van der Waals surface area contributed by atoms with E-state index in [1.165, 1.54) is 24.8 Å². The van der Waals surface area contributed by atoms with Gasteiger partial charge in [-0.05, 0) is 49.4 Å². The molecular weight excluding hydrogens is 488 g/mol. The summed E-state index contributed by atoms with van der Waals surface area (Å²) in [6, 6.07) is 17.7. The summed E-state index contributed by atoms with van der Waals surface area (Å²) >= 11 is 3.43. The molecule has 2 aromatic carbocycles. The molecule has 4 rings (SSSR count). The number of halogens is 1. The van der Waals surface area contributed by atoms with E-state index in [0.29, 0.717) is 28.3 Å². The highest BCUT2D eigenvalue weighted by molar-refractivity contribution is 9.10. The van der Waals surface area contributed by atoms with Crippen LogP contribution >= 0.6 is 15.9 Å². The minimum atomic E-state index is -0.518. The molecule has 0 radical (unpaired) electrons. The van der Waals surface area contributed by atoms with E-state index in [0.717, 1.165) is 10.0 Å². The van der Waals surface area contributed by atoms with Crippen molar-refractivity contribution in [1.82, 2.24) is 9.61 Å². The molecule has 168 valence electrons. The molecule has 0 atom stereocenters. The summed E-state index contributed by atoms with van der Waals surface area (Å²) in [6.07, 6.45) is 0. The Hall–Kier alpha value is -3.65. The van der Waals surface area contributed by atoms with Crippen molar-refractivity contribution in [2.24, 2.45) is 0 Å². The van der Waals surface area contributed by atoms with Crippen molar-refractivity contribution in [2.75, 3.05) is 20.8 Å². The number of rotatable bonds is 7. The summed E-state index contributed by atoms with van der Waals surface area (Å²) in [5.74, 6) is 0.106. The molecule has 0 N–H and O–H groups in total. The monoisotopic (exact) mass is 508 g/mol.